The normalized spacial score (nSPS) is 22.6. The van der Waals surface area contributed by atoms with E-state index in [9.17, 15) is 19.5 Å². The Labute approximate surface area is 549 Å². The van der Waals surface area contributed by atoms with E-state index in [1.807, 2.05) is 78.9 Å². The number of aryl methyl sites for hydroxylation is 1. The van der Waals surface area contributed by atoms with Crippen LogP contribution in [0.1, 0.15) is 60.2 Å². The van der Waals surface area contributed by atoms with Crippen molar-refractivity contribution in [3.8, 4) is 11.5 Å². The summed E-state index contributed by atoms with van der Waals surface area (Å²) in [7, 11) is 3.18. The lowest BCUT2D eigenvalue weighted by Gasteiger charge is -2.37. The van der Waals surface area contributed by atoms with E-state index >= 15 is 9.13 Å². The fourth-order valence-electron chi connectivity index (χ4n) is 11.7. The number of nitrogens with one attached hydrogen (secondary N) is 2. The number of aliphatic hydroxyl groups excluding tert-OH is 1. The summed E-state index contributed by atoms with van der Waals surface area (Å²) >= 11 is 1.60. The largest absolute Gasteiger partial charge is 0.497 e. The van der Waals surface area contributed by atoms with Crippen molar-refractivity contribution in [1.29, 1.82) is 0 Å². The molecular weight excluding hydrogens is 1310 g/mol. The van der Waals surface area contributed by atoms with Crippen molar-refractivity contribution < 1.29 is 60.8 Å². The van der Waals surface area contributed by atoms with Crippen LogP contribution in [0.15, 0.2) is 189 Å². The highest BCUT2D eigenvalue weighted by Gasteiger charge is 2.49. The van der Waals surface area contributed by atoms with Crippen LogP contribution in [-0.4, -0.2) is 124 Å². The van der Waals surface area contributed by atoms with Crippen molar-refractivity contribution in [3.63, 3.8) is 0 Å². The Balaban J connectivity index is 0.849. The molecule has 0 spiro atoms. The fraction of sp³-hybridized carbons (Fsp3) is 0.302. The molecule has 3 fully saturated rings. The molecule has 8 heterocycles. The molecule has 5 aromatic carbocycles. The fourth-order valence-corrected chi connectivity index (χ4v) is 18.7. The molecule has 494 valence electrons. The lowest BCUT2D eigenvalue weighted by molar-refractivity contribution is -0.0914. The molecule has 11 atom stereocenters. The summed E-state index contributed by atoms with van der Waals surface area (Å²) in [5, 5.41) is 11.3. The second-order valence-corrected chi connectivity index (χ2v) is 30.2. The van der Waals surface area contributed by atoms with E-state index in [0.717, 1.165) is 44.0 Å². The second-order valence-electron chi connectivity index (χ2n) is 22.4. The first-order valence-electron chi connectivity index (χ1n) is 29.9. The van der Waals surface area contributed by atoms with Gasteiger partial charge in [0.25, 0.3) is 11.1 Å². The number of anilines is 2. The monoisotopic (exact) mass is 1370 g/mol. The third kappa shape index (κ3) is 13.9. The van der Waals surface area contributed by atoms with E-state index in [1.54, 1.807) is 79.5 Å². The number of hydrogen-bond acceptors (Lipinski definition) is 25. The van der Waals surface area contributed by atoms with Gasteiger partial charge in [0.2, 0.25) is 5.95 Å². The number of nitrogen functional groups attached to an aromatic ring is 2. The van der Waals surface area contributed by atoms with Crippen LogP contribution in [0.2, 0.25) is 0 Å². The van der Waals surface area contributed by atoms with Gasteiger partial charge in [-0.1, -0.05) is 91.0 Å². The molecule has 7 N–H and O–H groups in total. The molecule has 0 saturated carbocycles. The minimum atomic E-state index is -4.58. The Hall–Kier alpha value is -8.32. The van der Waals surface area contributed by atoms with Gasteiger partial charge in [0, 0.05) is 40.8 Å². The molecule has 13 rings (SSSR count). The van der Waals surface area contributed by atoms with E-state index in [-0.39, 0.29) is 54.4 Å². The number of methoxy groups -OCH3 is 2. The molecule has 3 aliphatic rings. The molecular formula is C63H64N12O16P2S2. The minimum absolute atomic E-state index is 0.0326. The number of H-pyrrole nitrogens is 2. The van der Waals surface area contributed by atoms with Gasteiger partial charge in [0.1, 0.15) is 78.1 Å². The molecule has 10 aromatic rings. The Morgan fingerprint density at radius 3 is 1.65 bits per heavy atom. The quantitative estimate of drug-likeness (QED) is 0.0263. The first-order chi connectivity index (χ1) is 46.0. The molecule has 3 saturated heterocycles. The average molecular weight is 1370 g/mol. The first-order valence-corrected chi connectivity index (χ1v) is 35.9. The zero-order valence-electron chi connectivity index (χ0n) is 51.0. The van der Waals surface area contributed by atoms with E-state index in [0.29, 0.717) is 32.5 Å². The third-order valence-corrected chi connectivity index (χ3v) is 23.5. The Morgan fingerprint density at radius 1 is 0.589 bits per heavy atom. The number of rotatable bonds is 25. The first kappa shape index (κ1) is 65.3. The lowest BCUT2D eigenvalue weighted by atomic mass is 9.80. The number of fused-ring (bicyclic) bond motifs is 2. The van der Waals surface area contributed by atoms with Crippen LogP contribution in [-0.2, 0) is 51.8 Å². The van der Waals surface area contributed by atoms with E-state index in [2.05, 4.69) is 34.9 Å². The number of aromatic nitrogens is 10. The van der Waals surface area contributed by atoms with Crippen molar-refractivity contribution in [1.82, 2.24) is 48.6 Å². The number of ether oxygens (including phenoxy) is 6. The summed E-state index contributed by atoms with van der Waals surface area (Å²) in [6.45, 7) is -8.81. The van der Waals surface area contributed by atoms with Crippen molar-refractivity contribution in [2.75, 3.05) is 45.5 Å². The number of imidazole rings is 2. The van der Waals surface area contributed by atoms with Crippen LogP contribution >= 0.6 is 36.4 Å². The molecule has 28 nitrogen and oxygen atoms in total. The van der Waals surface area contributed by atoms with E-state index in [1.165, 1.54) is 36.7 Å². The highest BCUT2D eigenvalue weighted by molar-refractivity contribution is 8.55. The summed E-state index contributed by atoms with van der Waals surface area (Å²) in [4.78, 5) is 65.9. The Bertz CT molecular complexity index is 4590. The summed E-state index contributed by atoms with van der Waals surface area (Å²) in [6.07, 6.45) is -4.60. The molecule has 0 bridgehead atoms. The molecule has 5 aromatic heterocycles. The Morgan fingerprint density at radius 2 is 1.08 bits per heavy atom. The van der Waals surface area contributed by atoms with Crippen molar-refractivity contribution in [2.24, 2.45) is 0 Å². The summed E-state index contributed by atoms with van der Waals surface area (Å²) < 4.78 is 102. The predicted octanol–water partition coefficient (Wildman–Crippen LogP) is 8.84. The van der Waals surface area contributed by atoms with Gasteiger partial charge in [-0.25, -0.2) is 33.9 Å². The van der Waals surface area contributed by atoms with E-state index in [4.69, 9.17) is 58.0 Å². The van der Waals surface area contributed by atoms with Crippen molar-refractivity contribution in [3.05, 3.63) is 218 Å². The van der Waals surface area contributed by atoms with Crippen molar-refractivity contribution in [2.45, 2.75) is 96.9 Å². The number of benzene rings is 5. The zero-order valence-corrected chi connectivity index (χ0v) is 54.5. The van der Waals surface area contributed by atoms with Gasteiger partial charge in [-0.15, -0.1) is 0 Å². The maximum atomic E-state index is 16.3. The minimum Gasteiger partial charge on any atom is -0.497 e. The summed E-state index contributed by atoms with van der Waals surface area (Å²) in [5.74, 6) is 1.18. The molecule has 3 aliphatic heterocycles. The van der Waals surface area contributed by atoms with Crippen molar-refractivity contribution >= 4 is 70.5 Å². The molecule has 0 amide bonds. The van der Waals surface area contributed by atoms with Gasteiger partial charge < -0.3 is 45.0 Å². The maximum absolute atomic E-state index is 16.3. The Kier molecular flexibility index (Phi) is 19.1. The summed E-state index contributed by atoms with van der Waals surface area (Å²) in [6, 6.07) is 42.3. The maximum Gasteiger partial charge on any atom is 0.394 e. The van der Waals surface area contributed by atoms with Crippen LogP contribution in [0.3, 0.4) is 0 Å². The van der Waals surface area contributed by atoms with Gasteiger partial charge in [-0.05, 0) is 94.9 Å². The number of aromatic amines is 2. The molecule has 95 heavy (non-hydrogen) atoms. The van der Waals surface area contributed by atoms with Gasteiger partial charge in [-0.3, -0.25) is 51.4 Å². The van der Waals surface area contributed by atoms with Crippen LogP contribution in [0, 0.1) is 6.92 Å². The van der Waals surface area contributed by atoms with Gasteiger partial charge in [0.05, 0.1) is 52.8 Å². The number of nitrogens with two attached hydrogens (primary N) is 2. The zero-order chi connectivity index (χ0) is 66.0. The van der Waals surface area contributed by atoms with Crippen LogP contribution in [0.25, 0.3) is 22.3 Å². The predicted molar refractivity (Wildman–Crippen MR) is 350 cm³/mol. The highest BCUT2D eigenvalue weighted by Crippen LogP contribution is 2.68. The SMILES string of the molecule is COc1ccc(C(OC[C@H]2O[C@@H](n3cnc4c(N)ncnc43)C[C@H]2OP(=O)(OC[C@H]2O[C@@H](n3cnc4c(=O)[nH]c(N)nc43)C[C@H]2OP(=O)(OC[C@H]2O[C@@H](n3cc(C)c(=O)[nH]c3=O)C[C@H]2O)Sc2ccccc2)Sc2ccccc2)(c2ccccc2)c2ccc(OC)cc2)cc1. The molecule has 2 unspecified atom stereocenters. The van der Waals surface area contributed by atoms with Crippen LogP contribution in [0.5, 0.6) is 11.5 Å². The molecule has 0 radical (unpaired) electrons. The molecule has 0 aliphatic carbocycles. The lowest BCUT2D eigenvalue weighted by Crippen LogP contribution is -2.38. The number of nitrogens with zero attached hydrogens (tertiary/aromatic N) is 8. The third-order valence-electron chi connectivity index (χ3n) is 16.4. The van der Waals surface area contributed by atoms with E-state index < -0.39 is 105 Å². The topological polar surface area (TPSA) is 361 Å². The van der Waals surface area contributed by atoms with Gasteiger partial charge >= 0.3 is 19.3 Å². The molecule has 32 heteroatoms. The standard InChI is InChI=1S/C63H64N12O16P2S2/c1-37-30-73(62(79)72-59(37)77)51-27-45(76)48(87-51)32-85-92(80,94-43-15-9-5-10-16-43)91-47-29-53(75-36-69-55-58(75)70-61(65)71-60(55)78)89-50(47)33-86-93(81,95-44-17-11-6-12-18-44)90-46-28-52(74-35-68-54-56(64)66-34-67-57(54)74)88-49(46)31-84-63(38-13-7-4-8-14-38,39-19-23-41(82-2)24-20-39)40-21-25-42(83-3)26-22-40/h4-26,30,34-36,45-53,76H,27-29,31-33H2,1-3H3,(H2,64,66,67)(H,72,77,79)(H3,65,70,71,78)/t45-,46-,47-,48-,49-,50-,51-,52-,53-,92?,93?/m1/s1. The van der Waals surface area contributed by atoms with Gasteiger partial charge in [-0.2, -0.15) is 4.98 Å². The van der Waals surface area contributed by atoms with Crippen LogP contribution < -0.4 is 37.7 Å². The highest BCUT2D eigenvalue weighted by atomic mass is 32.7. The average Bonchev–Trinajstić information content (AvgIpc) is 0.914. The van der Waals surface area contributed by atoms with Crippen LogP contribution in [0.4, 0.5) is 11.8 Å². The van der Waals surface area contributed by atoms with Gasteiger partial charge in [0.15, 0.2) is 22.6 Å². The number of hydrogen-bond donors (Lipinski definition) is 5. The second kappa shape index (κ2) is 27.8. The summed E-state index contributed by atoms with van der Waals surface area (Å²) in [5.41, 5.74) is 12.3. The smallest absolute Gasteiger partial charge is 0.394 e. The number of aliphatic hydroxyl groups is 1.